The zero-order valence-electron chi connectivity index (χ0n) is 7.57. The molecule has 4 nitrogen and oxygen atoms in total. The van der Waals surface area contributed by atoms with Crippen molar-refractivity contribution in [1.29, 1.82) is 0 Å². The third kappa shape index (κ3) is 1.00. The number of para-hydroxylation sites is 1. The molecular formula is C10H10N4. The van der Waals surface area contributed by atoms with Gasteiger partial charge in [-0.15, -0.1) is 0 Å². The molecule has 1 aromatic heterocycles. The zero-order chi connectivity index (χ0) is 9.38. The number of aromatic amines is 1. The van der Waals surface area contributed by atoms with Crippen LogP contribution in [-0.4, -0.2) is 21.7 Å². The quantitative estimate of drug-likeness (QED) is 0.707. The average Bonchev–Trinajstić information content (AvgIpc) is 2.85. The number of fused-ring (bicyclic) bond motifs is 1. The summed E-state index contributed by atoms with van der Waals surface area (Å²) in [4.78, 5) is 4.19. The zero-order valence-corrected chi connectivity index (χ0v) is 7.57. The van der Waals surface area contributed by atoms with E-state index < -0.39 is 0 Å². The summed E-state index contributed by atoms with van der Waals surface area (Å²) < 4.78 is 0. The minimum absolute atomic E-state index is 0.314. The van der Waals surface area contributed by atoms with Crippen LogP contribution in [0, 0.1) is 0 Å². The first kappa shape index (κ1) is 7.55. The van der Waals surface area contributed by atoms with E-state index >= 15 is 0 Å². The van der Waals surface area contributed by atoms with E-state index in [0.29, 0.717) is 5.92 Å². The lowest BCUT2D eigenvalue weighted by Crippen LogP contribution is -2.05. The van der Waals surface area contributed by atoms with Gasteiger partial charge in [0.25, 0.3) is 0 Å². The van der Waals surface area contributed by atoms with Gasteiger partial charge in [0.15, 0.2) is 0 Å². The molecule has 0 saturated carbocycles. The topological polar surface area (TPSA) is 53.6 Å². The minimum Gasteiger partial charge on any atom is -0.384 e. The van der Waals surface area contributed by atoms with Gasteiger partial charge < -0.3 is 5.32 Å². The molecular weight excluding hydrogens is 176 g/mol. The van der Waals surface area contributed by atoms with E-state index in [-0.39, 0.29) is 0 Å². The lowest BCUT2D eigenvalue weighted by atomic mass is 10.0. The summed E-state index contributed by atoms with van der Waals surface area (Å²) in [6.07, 6.45) is 1.55. The molecule has 3 rings (SSSR count). The summed E-state index contributed by atoms with van der Waals surface area (Å²) in [5, 5.41) is 10.1. The Kier molecular flexibility index (Phi) is 1.53. The Morgan fingerprint density at radius 1 is 1.29 bits per heavy atom. The first-order chi connectivity index (χ1) is 6.95. The molecule has 14 heavy (non-hydrogen) atoms. The molecule has 1 aliphatic rings. The van der Waals surface area contributed by atoms with Crippen LogP contribution in [0.3, 0.4) is 0 Å². The van der Waals surface area contributed by atoms with Crippen molar-refractivity contribution in [3.8, 4) is 0 Å². The minimum atomic E-state index is 0.314. The van der Waals surface area contributed by atoms with E-state index in [4.69, 9.17) is 0 Å². The average molecular weight is 186 g/mol. The molecule has 70 valence electrons. The van der Waals surface area contributed by atoms with Gasteiger partial charge in [0, 0.05) is 12.2 Å². The van der Waals surface area contributed by atoms with Crippen molar-refractivity contribution in [3.63, 3.8) is 0 Å². The van der Waals surface area contributed by atoms with Crippen LogP contribution in [0.5, 0.6) is 0 Å². The van der Waals surface area contributed by atoms with Crippen LogP contribution in [-0.2, 0) is 0 Å². The largest absolute Gasteiger partial charge is 0.384 e. The summed E-state index contributed by atoms with van der Waals surface area (Å²) in [7, 11) is 0. The number of H-pyrrole nitrogens is 1. The number of rotatable bonds is 1. The van der Waals surface area contributed by atoms with E-state index in [2.05, 4.69) is 38.7 Å². The van der Waals surface area contributed by atoms with Crippen molar-refractivity contribution in [3.05, 3.63) is 42.0 Å². The lowest BCUT2D eigenvalue weighted by molar-refractivity contribution is 0.815. The second-order valence-electron chi connectivity index (χ2n) is 3.39. The molecule has 2 aromatic rings. The molecule has 1 atom stereocenters. The summed E-state index contributed by atoms with van der Waals surface area (Å²) in [5.41, 5.74) is 2.50. The standard InChI is InChI=1S/C10H10N4/c1-2-4-9-7(3-1)8(5-11-9)10-12-6-13-14-10/h1-4,6,8,11H,5H2,(H,12,13,14). The maximum absolute atomic E-state index is 4.19. The lowest BCUT2D eigenvalue weighted by Gasteiger charge is -2.04. The molecule has 0 radical (unpaired) electrons. The van der Waals surface area contributed by atoms with Gasteiger partial charge in [0.1, 0.15) is 12.2 Å². The Morgan fingerprint density at radius 3 is 3.07 bits per heavy atom. The highest BCUT2D eigenvalue weighted by Crippen LogP contribution is 2.33. The molecule has 0 amide bonds. The molecule has 0 spiro atoms. The second kappa shape index (κ2) is 2.83. The molecule has 2 N–H and O–H groups in total. The van der Waals surface area contributed by atoms with Crippen LogP contribution in [0.1, 0.15) is 17.3 Å². The van der Waals surface area contributed by atoms with E-state index in [1.807, 2.05) is 6.07 Å². The summed E-state index contributed by atoms with van der Waals surface area (Å²) in [6.45, 7) is 0.897. The Morgan fingerprint density at radius 2 is 2.21 bits per heavy atom. The molecule has 1 aromatic carbocycles. The number of hydrogen-bond donors (Lipinski definition) is 2. The van der Waals surface area contributed by atoms with Crippen LogP contribution < -0.4 is 5.32 Å². The molecule has 1 aliphatic heterocycles. The monoisotopic (exact) mass is 186 g/mol. The van der Waals surface area contributed by atoms with Gasteiger partial charge in [-0.05, 0) is 11.6 Å². The fraction of sp³-hybridized carbons (Fsp3) is 0.200. The maximum atomic E-state index is 4.19. The molecule has 0 saturated heterocycles. The van der Waals surface area contributed by atoms with Gasteiger partial charge in [-0.25, -0.2) is 4.98 Å². The molecule has 0 bridgehead atoms. The highest BCUT2D eigenvalue weighted by molar-refractivity contribution is 5.59. The molecule has 1 unspecified atom stereocenters. The fourth-order valence-electron chi connectivity index (χ4n) is 1.91. The molecule has 2 heterocycles. The van der Waals surface area contributed by atoms with Crippen LogP contribution >= 0.6 is 0 Å². The fourth-order valence-corrected chi connectivity index (χ4v) is 1.91. The third-order valence-electron chi connectivity index (χ3n) is 2.60. The highest BCUT2D eigenvalue weighted by atomic mass is 15.2. The van der Waals surface area contributed by atoms with Gasteiger partial charge in [-0.2, -0.15) is 5.10 Å². The highest BCUT2D eigenvalue weighted by Gasteiger charge is 2.24. The summed E-state index contributed by atoms with van der Waals surface area (Å²) in [5.74, 6) is 1.25. The Bertz CT molecular complexity index is 435. The normalized spacial score (nSPS) is 19.0. The van der Waals surface area contributed by atoms with Crippen molar-refractivity contribution < 1.29 is 0 Å². The predicted molar refractivity (Wildman–Crippen MR) is 53.2 cm³/mol. The van der Waals surface area contributed by atoms with Gasteiger partial charge in [0.05, 0.1) is 5.92 Å². The van der Waals surface area contributed by atoms with Crippen molar-refractivity contribution in [2.45, 2.75) is 5.92 Å². The molecule has 0 aliphatic carbocycles. The van der Waals surface area contributed by atoms with E-state index in [1.165, 1.54) is 11.3 Å². The van der Waals surface area contributed by atoms with Crippen LogP contribution in [0.15, 0.2) is 30.6 Å². The van der Waals surface area contributed by atoms with Crippen molar-refractivity contribution in [1.82, 2.24) is 15.2 Å². The van der Waals surface area contributed by atoms with E-state index in [9.17, 15) is 0 Å². The number of benzene rings is 1. The SMILES string of the molecule is c1ccc2c(c1)NCC2c1ncn[nH]1. The maximum Gasteiger partial charge on any atom is 0.137 e. The molecule has 0 fully saturated rings. The summed E-state index contributed by atoms with van der Waals surface area (Å²) >= 11 is 0. The van der Waals surface area contributed by atoms with E-state index in [1.54, 1.807) is 6.33 Å². The van der Waals surface area contributed by atoms with Gasteiger partial charge >= 0.3 is 0 Å². The molecule has 4 heteroatoms. The summed E-state index contributed by atoms with van der Waals surface area (Å²) in [6, 6.07) is 8.30. The third-order valence-corrected chi connectivity index (χ3v) is 2.60. The Balaban J connectivity index is 2.06. The smallest absolute Gasteiger partial charge is 0.137 e. The van der Waals surface area contributed by atoms with E-state index in [0.717, 1.165) is 12.4 Å². The first-order valence-electron chi connectivity index (χ1n) is 4.63. The predicted octanol–water partition coefficient (Wildman–Crippen LogP) is 1.36. The van der Waals surface area contributed by atoms with Crippen LogP contribution in [0.25, 0.3) is 0 Å². The van der Waals surface area contributed by atoms with Gasteiger partial charge in [0.2, 0.25) is 0 Å². The first-order valence-corrected chi connectivity index (χ1v) is 4.63. The van der Waals surface area contributed by atoms with Gasteiger partial charge in [-0.1, -0.05) is 18.2 Å². The Labute approximate surface area is 81.4 Å². The number of nitrogens with zero attached hydrogens (tertiary/aromatic N) is 2. The Hall–Kier alpha value is -1.84. The van der Waals surface area contributed by atoms with Gasteiger partial charge in [-0.3, -0.25) is 5.10 Å². The van der Waals surface area contributed by atoms with Crippen LogP contribution in [0.4, 0.5) is 5.69 Å². The van der Waals surface area contributed by atoms with Crippen LogP contribution in [0.2, 0.25) is 0 Å². The number of hydrogen-bond acceptors (Lipinski definition) is 3. The number of nitrogens with one attached hydrogen (secondary N) is 2. The number of aromatic nitrogens is 3. The van der Waals surface area contributed by atoms with Crippen molar-refractivity contribution >= 4 is 5.69 Å². The number of anilines is 1. The van der Waals surface area contributed by atoms with Crippen molar-refractivity contribution in [2.24, 2.45) is 0 Å². The van der Waals surface area contributed by atoms with Crippen molar-refractivity contribution in [2.75, 3.05) is 11.9 Å². The second-order valence-corrected chi connectivity index (χ2v) is 3.39.